The standard InChI is InChI=1S/C22H19FN2O4/c1-3-27-22(26)19-13(2)28-21(25)18(12-24)20(19)14-7-9-16(10-8-14)29-17-6-4-5-15(23)11-17/h4-11,20H,3,25H2,1-2H3. The highest BCUT2D eigenvalue weighted by atomic mass is 19.1. The summed E-state index contributed by atoms with van der Waals surface area (Å²) < 4.78 is 29.5. The van der Waals surface area contributed by atoms with Crippen molar-refractivity contribution in [1.82, 2.24) is 0 Å². The van der Waals surface area contributed by atoms with E-state index in [1.165, 1.54) is 12.1 Å². The molecule has 0 saturated heterocycles. The van der Waals surface area contributed by atoms with Crippen LogP contribution in [0.2, 0.25) is 0 Å². The fraction of sp³-hybridized carbons (Fsp3) is 0.182. The first-order chi connectivity index (χ1) is 13.9. The van der Waals surface area contributed by atoms with Crippen molar-refractivity contribution in [2.24, 2.45) is 5.73 Å². The predicted octanol–water partition coefficient (Wildman–Crippen LogP) is 4.26. The fourth-order valence-electron chi connectivity index (χ4n) is 3.08. The van der Waals surface area contributed by atoms with Crippen LogP contribution in [0.5, 0.6) is 11.5 Å². The molecule has 0 radical (unpaired) electrons. The number of hydrogen-bond donors (Lipinski definition) is 1. The highest BCUT2D eigenvalue weighted by Gasteiger charge is 2.36. The van der Waals surface area contributed by atoms with Gasteiger partial charge in [-0.05, 0) is 43.7 Å². The molecule has 0 amide bonds. The van der Waals surface area contributed by atoms with Crippen LogP contribution in [-0.4, -0.2) is 12.6 Å². The number of ether oxygens (including phenoxy) is 3. The van der Waals surface area contributed by atoms with Crippen molar-refractivity contribution in [2.45, 2.75) is 19.8 Å². The van der Waals surface area contributed by atoms with Crippen LogP contribution in [0.1, 0.15) is 25.3 Å². The smallest absolute Gasteiger partial charge is 0.338 e. The highest BCUT2D eigenvalue weighted by molar-refractivity contribution is 5.92. The Bertz CT molecular complexity index is 1040. The largest absolute Gasteiger partial charge is 0.463 e. The quantitative estimate of drug-likeness (QED) is 0.762. The third-order valence-electron chi connectivity index (χ3n) is 4.35. The first-order valence-corrected chi connectivity index (χ1v) is 8.93. The Kier molecular flexibility index (Phi) is 5.84. The number of carbonyl (C=O) groups is 1. The molecule has 0 aliphatic carbocycles. The lowest BCUT2D eigenvalue weighted by atomic mass is 9.83. The van der Waals surface area contributed by atoms with Crippen LogP contribution in [0.4, 0.5) is 4.39 Å². The number of nitrogens with zero attached hydrogens (tertiary/aromatic N) is 1. The predicted molar refractivity (Wildman–Crippen MR) is 103 cm³/mol. The Morgan fingerprint density at radius 3 is 2.59 bits per heavy atom. The molecule has 148 valence electrons. The zero-order valence-corrected chi connectivity index (χ0v) is 15.9. The summed E-state index contributed by atoms with van der Waals surface area (Å²) in [6.07, 6.45) is 0. The zero-order valence-electron chi connectivity index (χ0n) is 15.9. The van der Waals surface area contributed by atoms with Crippen LogP contribution in [0, 0.1) is 17.1 Å². The molecule has 2 aromatic carbocycles. The second-order valence-electron chi connectivity index (χ2n) is 6.24. The molecule has 0 spiro atoms. The van der Waals surface area contributed by atoms with Crippen molar-refractivity contribution in [3.63, 3.8) is 0 Å². The van der Waals surface area contributed by atoms with E-state index in [1.807, 2.05) is 6.07 Å². The Hall–Kier alpha value is -3.79. The van der Waals surface area contributed by atoms with Crippen molar-refractivity contribution in [2.75, 3.05) is 6.61 Å². The summed E-state index contributed by atoms with van der Waals surface area (Å²) in [5, 5.41) is 9.58. The molecule has 1 unspecified atom stereocenters. The average molecular weight is 394 g/mol. The van der Waals surface area contributed by atoms with Gasteiger partial charge in [-0.15, -0.1) is 0 Å². The van der Waals surface area contributed by atoms with Crippen molar-refractivity contribution >= 4 is 5.97 Å². The molecule has 0 fully saturated rings. The Labute approximate surface area is 167 Å². The number of esters is 1. The molecule has 1 aliphatic rings. The molecule has 1 aliphatic heterocycles. The van der Waals surface area contributed by atoms with E-state index >= 15 is 0 Å². The van der Waals surface area contributed by atoms with Gasteiger partial charge in [0.2, 0.25) is 5.88 Å². The Balaban J connectivity index is 1.95. The van der Waals surface area contributed by atoms with E-state index in [0.717, 1.165) is 0 Å². The number of allylic oxidation sites excluding steroid dienone is 2. The lowest BCUT2D eigenvalue weighted by Gasteiger charge is -2.26. The number of hydrogen-bond acceptors (Lipinski definition) is 6. The van der Waals surface area contributed by atoms with E-state index in [4.69, 9.17) is 19.9 Å². The summed E-state index contributed by atoms with van der Waals surface area (Å²) in [6, 6.07) is 14.6. The van der Waals surface area contributed by atoms with E-state index in [2.05, 4.69) is 0 Å². The number of nitrogens with two attached hydrogens (primary N) is 1. The SMILES string of the molecule is CCOC(=O)C1=C(C)OC(N)=C(C#N)C1c1ccc(Oc2cccc(F)c2)cc1. The van der Waals surface area contributed by atoms with Crippen LogP contribution >= 0.6 is 0 Å². The summed E-state index contributed by atoms with van der Waals surface area (Å²) in [5.41, 5.74) is 6.86. The monoisotopic (exact) mass is 394 g/mol. The maximum absolute atomic E-state index is 13.3. The lowest BCUT2D eigenvalue weighted by molar-refractivity contribution is -0.139. The molecular formula is C22H19FN2O4. The summed E-state index contributed by atoms with van der Waals surface area (Å²) in [4.78, 5) is 12.5. The summed E-state index contributed by atoms with van der Waals surface area (Å²) in [6.45, 7) is 3.48. The first kappa shape index (κ1) is 20.0. The van der Waals surface area contributed by atoms with Gasteiger partial charge in [0, 0.05) is 6.07 Å². The summed E-state index contributed by atoms with van der Waals surface area (Å²) in [5.74, 6) is -0.645. The maximum Gasteiger partial charge on any atom is 0.338 e. The lowest BCUT2D eigenvalue weighted by Crippen LogP contribution is -2.25. The van der Waals surface area contributed by atoms with Crippen molar-refractivity contribution in [3.05, 3.63) is 82.7 Å². The Morgan fingerprint density at radius 1 is 1.24 bits per heavy atom. The van der Waals surface area contributed by atoms with E-state index < -0.39 is 17.7 Å². The molecule has 1 heterocycles. The zero-order chi connectivity index (χ0) is 21.0. The normalized spacial score (nSPS) is 16.1. The van der Waals surface area contributed by atoms with Gasteiger partial charge in [-0.2, -0.15) is 5.26 Å². The van der Waals surface area contributed by atoms with E-state index in [0.29, 0.717) is 17.1 Å². The highest BCUT2D eigenvalue weighted by Crippen LogP contribution is 2.40. The summed E-state index contributed by atoms with van der Waals surface area (Å²) >= 11 is 0. The minimum atomic E-state index is -0.726. The van der Waals surface area contributed by atoms with Gasteiger partial charge in [0.1, 0.15) is 34.7 Å². The maximum atomic E-state index is 13.3. The Morgan fingerprint density at radius 2 is 1.97 bits per heavy atom. The van der Waals surface area contributed by atoms with E-state index in [1.54, 1.807) is 50.2 Å². The molecule has 29 heavy (non-hydrogen) atoms. The third kappa shape index (κ3) is 4.22. The molecule has 0 saturated carbocycles. The van der Waals surface area contributed by atoms with Crippen LogP contribution in [0.3, 0.4) is 0 Å². The molecule has 0 aromatic heterocycles. The third-order valence-corrected chi connectivity index (χ3v) is 4.35. The second kappa shape index (κ2) is 8.48. The van der Waals surface area contributed by atoms with Gasteiger partial charge >= 0.3 is 5.97 Å². The number of rotatable bonds is 5. The van der Waals surface area contributed by atoms with E-state index in [-0.39, 0.29) is 29.4 Å². The molecule has 2 aromatic rings. The molecule has 0 bridgehead atoms. The molecule has 6 nitrogen and oxygen atoms in total. The van der Waals surface area contributed by atoms with Gasteiger partial charge < -0.3 is 19.9 Å². The van der Waals surface area contributed by atoms with Gasteiger partial charge in [0.15, 0.2) is 0 Å². The number of carbonyl (C=O) groups excluding carboxylic acids is 1. The van der Waals surface area contributed by atoms with Crippen molar-refractivity contribution in [3.8, 4) is 17.6 Å². The average Bonchev–Trinajstić information content (AvgIpc) is 2.68. The molecular weight excluding hydrogens is 375 g/mol. The van der Waals surface area contributed by atoms with Gasteiger partial charge in [-0.25, -0.2) is 9.18 Å². The van der Waals surface area contributed by atoms with Gasteiger partial charge in [-0.1, -0.05) is 18.2 Å². The van der Waals surface area contributed by atoms with Crippen LogP contribution < -0.4 is 10.5 Å². The topological polar surface area (TPSA) is 94.6 Å². The minimum Gasteiger partial charge on any atom is -0.463 e. The molecule has 1 atom stereocenters. The van der Waals surface area contributed by atoms with Crippen LogP contribution in [0.25, 0.3) is 0 Å². The van der Waals surface area contributed by atoms with Gasteiger partial charge in [0.25, 0.3) is 0 Å². The van der Waals surface area contributed by atoms with Crippen molar-refractivity contribution < 1.29 is 23.4 Å². The van der Waals surface area contributed by atoms with Crippen LogP contribution in [0.15, 0.2) is 71.3 Å². The minimum absolute atomic E-state index is 0.0527. The van der Waals surface area contributed by atoms with Gasteiger partial charge in [0.05, 0.1) is 18.1 Å². The second-order valence-corrected chi connectivity index (χ2v) is 6.24. The molecule has 7 heteroatoms. The first-order valence-electron chi connectivity index (χ1n) is 8.93. The van der Waals surface area contributed by atoms with E-state index in [9.17, 15) is 14.4 Å². The number of benzene rings is 2. The van der Waals surface area contributed by atoms with Gasteiger partial charge in [-0.3, -0.25) is 0 Å². The number of halogens is 1. The van der Waals surface area contributed by atoms with Crippen LogP contribution in [-0.2, 0) is 14.3 Å². The molecule has 3 rings (SSSR count). The molecule has 2 N–H and O–H groups in total. The summed E-state index contributed by atoms with van der Waals surface area (Å²) in [7, 11) is 0. The number of nitriles is 1. The fourth-order valence-corrected chi connectivity index (χ4v) is 3.08. The van der Waals surface area contributed by atoms with Crippen molar-refractivity contribution in [1.29, 1.82) is 5.26 Å².